The highest BCUT2D eigenvalue weighted by Crippen LogP contribution is 2.31. The molecule has 24 heavy (non-hydrogen) atoms. The van der Waals surface area contributed by atoms with Crippen LogP contribution in [0.3, 0.4) is 0 Å². The Bertz CT molecular complexity index is 602. The normalized spacial score (nSPS) is 15.5. The Balaban J connectivity index is 1.88. The van der Waals surface area contributed by atoms with Crippen molar-refractivity contribution in [3.63, 3.8) is 0 Å². The molecule has 0 aliphatic carbocycles. The second kappa shape index (κ2) is 7.78. The van der Waals surface area contributed by atoms with Crippen molar-refractivity contribution in [1.82, 2.24) is 4.90 Å². The van der Waals surface area contributed by atoms with Crippen LogP contribution in [0.1, 0.15) is 5.56 Å². The van der Waals surface area contributed by atoms with Crippen LogP contribution in [-0.2, 0) is 15.8 Å². The number of carbonyl (C=O) groups excluding carboxylic acids is 1. The molecule has 0 radical (unpaired) electrons. The number of piperazine rings is 1. The molecule has 1 heterocycles. The Morgan fingerprint density at radius 2 is 1.79 bits per heavy atom. The van der Waals surface area contributed by atoms with E-state index in [1.165, 1.54) is 6.07 Å². The highest BCUT2D eigenvalue weighted by molar-refractivity contribution is 8.00. The first-order chi connectivity index (χ1) is 11.3. The van der Waals surface area contributed by atoms with Crippen LogP contribution >= 0.6 is 11.8 Å². The van der Waals surface area contributed by atoms with Crippen molar-refractivity contribution < 1.29 is 27.9 Å². The van der Waals surface area contributed by atoms with Crippen molar-refractivity contribution >= 4 is 29.3 Å². The first-order valence-corrected chi connectivity index (χ1v) is 8.42. The maximum atomic E-state index is 12.8. The van der Waals surface area contributed by atoms with E-state index < -0.39 is 17.7 Å². The molecule has 1 aliphatic heterocycles. The minimum absolute atomic E-state index is 0.0931. The Hall–Kier alpha value is -1.90. The topological polar surface area (TPSA) is 60.9 Å². The summed E-state index contributed by atoms with van der Waals surface area (Å²) < 4.78 is 38.3. The number of halogens is 3. The van der Waals surface area contributed by atoms with Gasteiger partial charge in [0, 0.05) is 31.9 Å². The quantitative estimate of drug-likeness (QED) is 0.870. The monoisotopic (exact) mass is 362 g/mol. The number of anilines is 1. The third-order valence-electron chi connectivity index (χ3n) is 3.62. The number of hydrogen-bond acceptors (Lipinski definition) is 4. The Labute approximate surface area is 141 Å². The zero-order valence-corrected chi connectivity index (χ0v) is 13.6. The molecule has 1 aromatic carbocycles. The van der Waals surface area contributed by atoms with Gasteiger partial charge in [-0.05, 0) is 18.2 Å². The number of rotatable bonds is 5. The van der Waals surface area contributed by atoms with Gasteiger partial charge in [-0.2, -0.15) is 13.2 Å². The Morgan fingerprint density at radius 3 is 2.38 bits per heavy atom. The van der Waals surface area contributed by atoms with E-state index in [9.17, 15) is 22.8 Å². The fourth-order valence-electron chi connectivity index (χ4n) is 2.41. The molecule has 0 unspecified atom stereocenters. The molecule has 9 heteroatoms. The smallest absolute Gasteiger partial charge is 0.416 e. The number of hydrogen-bond donors (Lipinski definition) is 1. The van der Waals surface area contributed by atoms with Gasteiger partial charge in [-0.1, -0.05) is 6.07 Å². The maximum Gasteiger partial charge on any atom is 0.416 e. The van der Waals surface area contributed by atoms with Crippen molar-refractivity contribution in [2.24, 2.45) is 0 Å². The Kier molecular flexibility index (Phi) is 5.98. The summed E-state index contributed by atoms with van der Waals surface area (Å²) >= 11 is 1.04. The van der Waals surface area contributed by atoms with Crippen molar-refractivity contribution in [1.29, 1.82) is 0 Å². The molecular weight excluding hydrogens is 345 g/mol. The van der Waals surface area contributed by atoms with Crippen molar-refractivity contribution in [3.8, 4) is 0 Å². The standard InChI is InChI=1S/C15H17F3N2O3S/c16-15(17,18)11-2-1-3-12(8-11)19-4-6-20(7-5-19)13(21)9-24-10-14(22)23/h1-3,8H,4-7,9-10H2,(H,22,23). The molecule has 1 aliphatic rings. The highest BCUT2D eigenvalue weighted by Gasteiger charge is 2.31. The Morgan fingerprint density at radius 1 is 1.12 bits per heavy atom. The van der Waals surface area contributed by atoms with E-state index in [1.807, 2.05) is 4.90 Å². The summed E-state index contributed by atoms with van der Waals surface area (Å²) in [5.41, 5.74) is -0.208. The third-order valence-corrected chi connectivity index (χ3v) is 4.52. The fourth-order valence-corrected chi connectivity index (χ4v) is 3.04. The van der Waals surface area contributed by atoms with Crippen LogP contribution in [0.5, 0.6) is 0 Å². The van der Waals surface area contributed by atoms with E-state index in [0.29, 0.717) is 31.9 Å². The second-order valence-corrected chi connectivity index (χ2v) is 6.29. The van der Waals surface area contributed by atoms with Gasteiger partial charge in [0.25, 0.3) is 0 Å². The number of amides is 1. The summed E-state index contributed by atoms with van der Waals surface area (Å²) in [6.45, 7) is 1.69. The van der Waals surface area contributed by atoms with Gasteiger partial charge < -0.3 is 14.9 Å². The molecule has 1 saturated heterocycles. The summed E-state index contributed by atoms with van der Waals surface area (Å²) in [6, 6.07) is 5.14. The van der Waals surface area contributed by atoms with Gasteiger partial charge in [-0.15, -0.1) is 11.8 Å². The number of nitrogens with zero attached hydrogens (tertiary/aromatic N) is 2. The third kappa shape index (κ3) is 5.05. The zero-order chi connectivity index (χ0) is 17.7. The van der Waals surface area contributed by atoms with Crippen LogP contribution in [-0.4, -0.2) is 59.6 Å². The molecule has 0 spiro atoms. The van der Waals surface area contributed by atoms with Crippen LogP contribution < -0.4 is 4.90 Å². The predicted octanol–water partition coefficient (Wildman–Crippen LogP) is 2.17. The summed E-state index contributed by atoms with van der Waals surface area (Å²) in [4.78, 5) is 25.8. The second-order valence-electron chi connectivity index (χ2n) is 5.30. The summed E-state index contributed by atoms with van der Waals surface area (Å²) in [5, 5.41) is 8.54. The number of benzene rings is 1. The molecule has 5 nitrogen and oxygen atoms in total. The van der Waals surface area contributed by atoms with Gasteiger partial charge in [-0.25, -0.2) is 0 Å². The molecule has 2 rings (SSSR count). The molecule has 1 N–H and O–H groups in total. The molecule has 1 aromatic rings. The SMILES string of the molecule is O=C(O)CSCC(=O)N1CCN(c2cccc(C(F)(F)F)c2)CC1. The molecule has 0 aromatic heterocycles. The summed E-state index contributed by atoms with van der Waals surface area (Å²) in [7, 11) is 0. The molecule has 132 valence electrons. The lowest BCUT2D eigenvalue weighted by Crippen LogP contribution is -2.49. The van der Waals surface area contributed by atoms with E-state index in [-0.39, 0.29) is 17.4 Å². The maximum absolute atomic E-state index is 12.8. The average Bonchev–Trinajstić information content (AvgIpc) is 2.54. The van der Waals surface area contributed by atoms with Gasteiger partial charge in [-0.3, -0.25) is 9.59 Å². The van der Waals surface area contributed by atoms with E-state index in [0.717, 1.165) is 23.9 Å². The van der Waals surface area contributed by atoms with Crippen LogP contribution in [0, 0.1) is 0 Å². The lowest BCUT2D eigenvalue weighted by molar-refractivity contribution is -0.137. The molecule has 0 saturated carbocycles. The van der Waals surface area contributed by atoms with Crippen molar-refractivity contribution in [2.45, 2.75) is 6.18 Å². The van der Waals surface area contributed by atoms with Crippen molar-refractivity contribution in [2.75, 3.05) is 42.6 Å². The van der Waals surface area contributed by atoms with Gasteiger partial charge in [0.2, 0.25) is 5.91 Å². The summed E-state index contributed by atoms with van der Waals surface area (Å²) in [6.07, 6.45) is -4.38. The fraction of sp³-hybridized carbons (Fsp3) is 0.467. The van der Waals surface area contributed by atoms with E-state index in [4.69, 9.17) is 5.11 Å². The van der Waals surface area contributed by atoms with Crippen LogP contribution in [0.25, 0.3) is 0 Å². The zero-order valence-electron chi connectivity index (χ0n) is 12.8. The first kappa shape index (κ1) is 18.4. The highest BCUT2D eigenvalue weighted by atomic mass is 32.2. The van der Waals surface area contributed by atoms with Gasteiger partial charge in [0.05, 0.1) is 17.1 Å². The van der Waals surface area contributed by atoms with E-state index in [2.05, 4.69) is 0 Å². The van der Waals surface area contributed by atoms with Crippen LogP contribution in [0.15, 0.2) is 24.3 Å². The molecule has 0 bridgehead atoms. The van der Waals surface area contributed by atoms with Crippen LogP contribution in [0.4, 0.5) is 18.9 Å². The minimum atomic E-state index is -4.38. The van der Waals surface area contributed by atoms with E-state index in [1.54, 1.807) is 11.0 Å². The molecule has 0 atom stereocenters. The van der Waals surface area contributed by atoms with Crippen LogP contribution in [0.2, 0.25) is 0 Å². The van der Waals surface area contributed by atoms with E-state index >= 15 is 0 Å². The number of carboxylic acid groups (broad SMARTS) is 1. The number of carbonyl (C=O) groups is 2. The van der Waals surface area contributed by atoms with Gasteiger partial charge >= 0.3 is 12.1 Å². The van der Waals surface area contributed by atoms with Gasteiger partial charge in [0.15, 0.2) is 0 Å². The lowest BCUT2D eigenvalue weighted by Gasteiger charge is -2.36. The lowest BCUT2D eigenvalue weighted by atomic mass is 10.1. The molecule has 1 amide bonds. The van der Waals surface area contributed by atoms with Crippen molar-refractivity contribution in [3.05, 3.63) is 29.8 Å². The largest absolute Gasteiger partial charge is 0.481 e. The van der Waals surface area contributed by atoms with Gasteiger partial charge in [0.1, 0.15) is 0 Å². The number of thioether (sulfide) groups is 1. The molecule has 1 fully saturated rings. The number of alkyl halides is 3. The predicted molar refractivity (Wildman–Crippen MR) is 85.2 cm³/mol. The molecular formula is C15H17F3N2O3S. The summed E-state index contributed by atoms with van der Waals surface area (Å²) in [5.74, 6) is -1.15. The number of carboxylic acids is 1. The number of aliphatic carboxylic acids is 1. The minimum Gasteiger partial charge on any atom is -0.481 e. The average molecular weight is 362 g/mol. The first-order valence-electron chi connectivity index (χ1n) is 7.27.